The van der Waals surface area contributed by atoms with Crippen LogP contribution in [0.2, 0.25) is 0 Å². The van der Waals surface area contributed by atoms with Crippen LogP contribution >= 0.6 is 12.2 Å². The molecule has 12 heavy (non-hydrogen) atoms. The van der Waals surface area contributed by atoms with Crippen molar-refractivity contribution in [2.24, 2.45) is 0 Å². The van der Waals surface area contributed by atoms with Crippen LogP contribution in [0.1, 0.15) is 13.3 Å². The number of rotatable bonds is 3. The van der Waals surface area contributed by atoms with E-state index in [0.29, 0.717) is 11.3 Å². The third-order valence-corrected chi connectivity index (χ3v) is 1.97. The van der Waals surface area contributed by atoms with Gasteiger partial charge in [-0.15, -0.1) is 0 Å². The number of hydrogen-bond donors (Lipinski definition) is 2. The molecule has 2 N–H and O–H groups in total. The molecule has 0 aliphatic rings. The Balaban J connectivity index is 2.96. The number of H-pyrrole nitrogens is 2. The molecule has 0 bridgehead atoms. The normalized spacial score (nSPS) is 10.1. The first-order valence-corrected chi connectivity index (χ1v) is 4.10. The summed E-state index contributed by atoms with van der Waals surface area (Å²) in [6, 6.07) is 0. The van der Waals surface area contributed by atoms with Crippen LogP contribution in [0, 0.1) is 4.77 Å². The highest BCUT2D eigenvalue weighted by Gasteiger charge is 1.99. The van der Waals surface area contributed by atoms with Gasteiger partial charge in [0.15, 0.2) is 4.77 Å². The van der Waals surface area contributed by atoms with Gasteiger partial charge in [-0.25, -0.2) is 9.89 Å². The lowest BCUT2D eigenvalue weighted by atomic mass is 10.2. The molecule has 1 heterocycles. The van der Waals surface area contributed by atoms with Crippen molar-refractivity contribution in [2.75, 3.05) is 0 Å². The lowest BCUT2D eigenvalue weighted by Crippen LogP contribution is -2.17. The highest BCUT2D eigenvalue weighted by atomic mass is 32.1. The summed E-state index contributed by atoms with van der Waals surface area (Å²) in [7, 11) is 0. The standard InChI is InChI=1S/C7H11N3OS/c1-3-5(2)4-10-6(11)8-9-7(10)12/h2-4H2,1H3,(H,8,11)(H,9,12). The molecule has 0 aliphatic heterocycles. The van der Waals surface area contributed by atoms with Crippen LogP contribution in [0.25, 0.3) is 0 Å². The molecule has 5 heteroatoms. The second-order valence-electron chi connectivity index (χ2n) is 2.55. The number of aromatic nitrogens is 3. The first-order chi connectivity index (χ1) is 5.65. The Hall–Kier alpha value is -1.10. The van der Waals surface area contributed by atoms with Crippen LogP contribution in [0.15, 0.2) is 16.9 Å². The first kappa shape index (κ1) is 8.99. The van der Waals surface area contributed by atoms with E-state index in [0.717, 1.165) is 12.0 Å². The number of nitrogens with zero attached hydrogens (tertiary/aromatic N) is 1. The van der Waals surface area contributed by atoms with Crippen LogP contribution < -0.4 is 5.69 Å². The van der Waals surface area contributed by atoms with Crippen LogP contribution in [0.4, 0.5) is 0 Å². The zero-order valence-corrected chi connectivity index (χ0v) is 7.70. The predicted octanol–water partition coefficient (Wildman–Crippen LogP) is 1.20. The van der Waals surface area contributed by atoms with E-state index >= 15 is 0 Å². The summed E-state index contributed by atoms with van der Waals surface area (Å²) >= 11 is 4.87. The van der Waals surface area contributed by atoms with E-state index < -0.39 is 0 Å². The molecule has 4 nitrogen and oxygen atoms in total. The summed E-state index contributed by atoms with van der Waals surface area (Å²) in [5.74, 6) is 0. The maximum atomic E-state index is 11.1. The molecule has 0 aromatic carbocycles. The maximum absolute atomic E-state index is 11.1. The number of nitrogens with one attached hydrogen (secondary N) is 2. The Labute approximate surface area is 74.9 Å². The van der Waals surface area contributed by atoms with Crippen molar-refractivity contribution in [3.63, 3.8) is 0 Å². The monoisotopic (exact) mass is 185 g/mol. The average molecular weight is 185 g/mol. The van der Waals surface area contributed by atoms with Crippen molar-refractivity contribution in [1.82, 2.24) is 14.8 Å². The molecule has 66 valence electrons. The molecule has 0 spiro atoms. The molecule has 0 saturated carbocycles. The van der Waals surface area contributed by atoms with E-state index in [1.807, 2.05) is 6.92 Å². The molecule has 0 aliphatic carbocycles. The third kappa shape index (κ3) is 1.73. The van der Waals surface area contributed by atoms with E-state index in [-0.39, 0.29) is 5.69 Å². The van der Waals surface area contributed by atoms with Gasteiger partial charge >= 0.3 is 5.69 Å². The van der Waals surface area contributed by atoms with E-state index in [2.05, 4.69) is 16.8 Å². The molecule has 1 aromatic rings. The van der Waals surface area contributed by atoms with Gasteiger partial charge in [-0.05, 0) is 18.6 Å². The minimum atomic E-state index is -0.213. The van der Waals surface area contributed by atoms with Crippen molar-refractivity contribution >= 4 is 12.2 Å². The largest absolute Gasteiger partial charge is 0.342 e. The fourth-order valence-electron chi connectivity index (χ4n) is 0.813. The lowest BCUT2D eigenvalue weighted by Gasteiger charge is -2.00. The van der Waals surface area contributed by atoms with Gasteiger partial charge in [0.2, 0.25) is 0 Å². The number of hydrogen-bond acceptors (Lipinski definition) is 2. The van der Waals surface area contributed by atoms with Crippen LogP contribution in [-0.2, 0) is 6.54 Å². The Kier molecular flexibility index (Phi) is 2.65. The van der Waals surface area contributed by atoms with Crippen molar-refractivity contribution in [3.8, 4) is 0 Å². The summed E-state index contributed by atoms with van der Waals surface area (Å²) in [5.41, 5.74) is 0.769. The minimum absolute atomic E-state index is 0.213. The van der Waals surface area contributed by atoms with Crippen molar-refractivity contribution in [1.29, 1.82) is 0 Å². The summed E-state index contributed by atoms with van der Waals surface area (Å²) in [6.07, 6.45) is 0.854. The zero-order valence-electron chi connectivity index (χ0n) is 6.89. The zero-order chi connectivity index (χ0) is 9.14. The summed E-state index contributed by atoms with van der Waals surface area (Å²) in [6.45, 7) is 6.28. The van der Waals surface area contributed by atoms with Gasteiger partial charge in [-0.1, -0.05) is 19.1 Å². The second kappa shape index (κ2) is 3.53. The Bertz CT molecular complexity index is 356. The van der Waals surface area contributed by atoms with Gasteiger partial charge in [-0.3, -0.25) is 9.67 Å². The Morgan fingerprint density at radius 1 is 1.67 bits per heavy atom. The van der Waals surface area contributed by atoms with Crippen molar-refractivity contribution in [2.45, 2.75) is 19.9 Å². The molecule has 0 unspecified atom stereocenters. The number of allylic oxidation sites excluding steroid dienone is 1. The van der Waals surface area contributed by atoms with E-state index in [9.17, 15) is 4.79 Å². The van der Waals surface area contributed by atoms with E-state index in [4.69, 9.17) is 12.2 Å². The second-order valence-corrected chi connectivity index (χ2v) is 2.94. The third-order valence-electron chi connectivity index (χ3n) is 1.65. The highest BCUT2D eigenvalue weighted by Crippen LogP contribution is 1.98. The van der Waals surface area contributed by atoms with Gasteiger partial charge < -0.3 is 0 Å². The molecule has 0 saturated heterocycles. The summed E-state index contributed by atoms with van der Waals surface area (Å²) < 4.78 is 1.86. The molecule has 1 aromatic heterocycles. The van der Waals surface area contributed by atoms with Crippen LogP contribution in [0.5, 0.6) is 0 Å². The molecule has 0 radical (unpaired) electrons. The Morgan fingerprint density at radius 2 is 2.33 bits per heavy atom. The van der Waals surface area contributed by atoms with Gasteiger partial charge in [0, 0.05) is 0 Å². The molecular formula is C7H11N3OS. The molecule has 0 fully saturated rings. The van der Waals surface area contributed by atoms with Crippen molar-refractivity contribution < 1.29 is 0 Å². The van der Waals surface area contributed by atoms with Crippen LogP contribution in [0.3, 0.4) is 0 Å². The first-order valence-electron chi connectivity index (χ1n) is 3.69. The minimum Gasteiger partial charge on any atom is -0.272 e. The van der Waals surface area contributed by atoms with E-state index in [1.54, 1.807) is 0 Å². The lowest BCUT2D eigenvalue weighted by molar-refractivity contribution is 0.721. The highest BCUT2D eigenvalue weighted by molar-refractivity contribution is 7.71. The Morgan fingerprint density at radius 3 is 2.75 bits per heavy atom. The van der Waals surface area contributed by atoms with E-state index in [1.165, 1.54) is 4.57 Å². The summed E-state index contributed by atoms with van der Waals surface area (Å²) in [4.78, 5) is 11.1. The number of aromatic amines is 2. The fraction of sp³-hybridized carbons (Fsp3) is 0.429. The maximum Gasteiger partial charge on any atom is 0.342 e. The fourth-order valence-corrected chi connectivity index (χ4v) is 1.01. The molecular weight excluding hydrogens is 174 g/mol. The average Bonchev–Trinajstić information content (AvgIpc) is 2.35. The van der Waals surface area contributed by atoms with Gasteiger partial charge in [0.25, 0.3) is 0 Å². The SMILES string of the molecule is C=C(CC)Cn1c(=O)[nH][nH]c1=S. The molecule has 0 atom stereocenters. The smallest absolute Gasteiger partial charge is 0.272 e. The van der Waals surface area contributed by atoms with Gasteiger partial charge in [0.05, 0.1) is 6.54 Å². The summed E-state index contributed by atoms with van der Waals surface area (Å²) in [5, 5.41) is 4.97. The quantitative estimate of drug-likeness (QED) is 0.549. The van der Waals surface area contributed by atoms with Gasteiger partial charge in [0.1, 0.15) is 0 Å². The van der Waals surface area contributed by atoms with Crippen LogP contribution in [-0.4, -0.2) is 14.8 Å². The predicted molar refractivity (Wildman–Crippen MR) is 49.7 cm³/mol. The van der Waals surface area contributed by atoms with Gasteiger partial charge in [-0.2, -0.15) is 0 Å². The topological polar surface area (TPSA) is 53.6 Å². The van der Waals surface area contributed by atoms with Crippen molar-refractivity contribution in [3.05, 3.63) is 27.4 Å². The molecule has 0 amide bonds. The molecule has 1 rings (SSSR count).